The number of nitrogen functional groups attached to an aromatic ring is 1. The number of anilines is 2. The highest BCUT2D eigenvalue weighted by Crippen LogP contribution is 2.12. The van der Waals surface area contributed by atoms with Crippen LogP contribution in [-0.4, -0.2) is 24.5 Å². The van der Waals surface area contributed by atoms with Crippen LogP contribution in [0, 0.1) is 0 Å². The lowest BCUT2D eigenvalue weighted by molar-refractivity contribution is 0.944. The molecule has 96 valence electrons. The Hall–Kier alpha value is -2.70. The summed E-state index contributed by atoms with van der Waals surface area (Å²) in [6.45, 7) is 0.526. The zero-order valence-corrected chi connectivity index (χ0v) is 10.4. The summed E-state index contributed by atoms with van der Waals surface area (Å²) in [6, 6.07) is 3.75. The predicted octanol–water partition coefficient (Wildman–Crippen LogP) is 0.953. The van der Waals surface area contributed by atoms with Crippen LogP contribution in [0.3, 0.4) is 0 Å². The molecule has 0 spiro atoms. The molecule has 3 N–H and O–H groups in total. The van der Waals surface area contributed by atoms with Gasteiger partial charge in [0, 0.05) is 25.4 Å². The van der Waals surface area contributed by atoms with Gasteiger partial charge in [0.2, 0.25) is 5.95 Å². The van der Waals surface area contributed by atoms with E-state index in [-0.39, 0.29) is 0 Å². The topological polar surface area (TPSA) is 94.5 Å². The molecule has 0 saturated heterocycles. The largest absolute Gasteiger partial charge is 0.383 e. The van der Waals surface area contributed by atoms with Crippen molar-refractivity contribution < 1.29 is 0 Å². The molecule has 7 nitrogen and oxygen atoms in total. The van der Waals surface area contributed by atoms with Crippen molar-refractivity contribution in [1.29, 1.82) is 0 Å². The second-order valence-electron chi connectivity index (χ2n) is 4.16. The Balaban J connectivity index is 1.80. The van der Waals surface area contributed by atoms with Gasteiger partial charge in [-0.25, -0.2) is 15.0 Å². The van der Waals surface area contributed by atoms with Gasteiger partial charge in [0.25, 0.3) is 0 Å². The number of fused-ring (bicyclic) bond motifs is 1. The summed E-state index contributed by atoms with van der Waals surface area (Å²) < 4.78 is 1.87. The zero-order valence-electron chi connectivity index (χ0n) is 10.4. The summed E-state index contributed by atoms with van der Waals surface area (Å²) in [6.07, 6.45) is 5.11. The van der Waals surface area contributed by atoms with Crippen molar-refractivity contribution >= 4 is 22.9 Å². The maximum atomic E-state index is 5.77. The first kappa shape index (κ1) is 11.4. The second-order valence-corrected chi connectivity index (χ2v) is 4.16. The fraction of sp³-hybridized carbons (Fsp3) is 0.167. The van der Waals surface area contributed by atoms with Crippen LogP contribution in [0.2, 0.25) is 0 Å². The molecule has 0 aliphatic rings. The van der Waals surface area contributed by atoms with E-state index in [1.807, 2.05) is 23.7 Å². The van der Waals surface area contributed by atoms with Gasteiger partial charge >= 0.3 is 0 Å². The van der Waals surface area contributed by atoms with Gasteiger partial charge in [-0.15, -0.1) is 0 Å². The van der Waals surface area contributed by atoms with Crippen LogP contribution in [0.25, 0.3) is 11.2 Å². The SMILES string of the molecule is Cn1cnc2nc(NCc3cccnc3N)ncc21. The number of aryl methyl sites for hydroxylation is 1. The minimum atomic E-state index is 0.508. The summed E-state index contributed by atoms with van der Waals surface area (Å²) >= 11 is 0. The molecule has 7 heteroatoms. The summed E-state index contributed by atoms with van der Waals surface area (Å²) in [4.78, 5) is 16.8. The van der Waals surface area contributed by atoms with Gasteiger partial charge in [-0.05, 0) is 6.07 Å². The number of rotatable bonds is 3. The van der Waals surface area contributed by atoms with Gasteiger partial charge in [-0.1, -0.05) is 6.07 Å². The molecule has 0 fully saturated rings. The highest BCUT2D eigenvalue weighted by atomic mass is 15.1. The van der Waals surface area contributed by atoms with E-state index in [4.69, 9.17) is 5.73 Å². The summed E-state index contributed by atoms with van der Waals surface area (Å²) in [5, 5.41) is 3.11. The summed E-state index contributed by atoms with van der Waals surface area (Å²) in [5.41, 5.74) is 8.24. The average Bonchev–Trinajstić information content (AvgIpc) is 2.79. The molecule has 19 heavy (non-hydrogen) atoms. The molecule has 0 amide bonds. The van der Waals surface area contributed by atoms with Gasteiger partial charge in [0.1, 0.15) is 11.3 Å². The van der Waals surface area contributed by atoms with Crippen LogP contribution in [0.1, 0.15) is 5.56 Å². The summed E-state index contributed by atoms with van der Waals surface area (Å²) in [7, 11) is 1.90. The highest BCUT2D eigenvalue weighted by Gasteiger charge is 2.05. The van der Waals surface area contributed by atoms with E-state index in [1.165, 1.54) is 0 Å². The molecule has 0 aliphatic carbocycles. The van der Waals surface area contributed by atoms with Crippen molar-refractivity contribution in [3.8, 4) is 0 Å². The number of imidazole rings is 1. The number of nitrogens with one attached hydrogen (secondary N) is 1. The van der Waals surface area contributed by atoms with E-state index in [2.05, 4.69) is 25.3 Å². The minimum absolute atomic E-state index is 0.508. The van der Waals surface area contributed by atoms with Crippen LogP contribution in [0.5, 0.6) is 0 Å². The number of nitrogens with two attached hydrogens (primary N) is 1. The minimum Gasteiger partial charge on any atom is -0.383 e. The Bertz CT molecular complexity index is 719. The molecule has 0 bridgehead atoms. The first-order valence-corrected chi connectivity index (χ1v) is 5.81. The van der Waals surface area contributed by atoms with Gasteiger partial charge in [0.05, 0.1) is 12.5 Å². The molecule has 0 atom stereocenters. The van der Waals surface area contributed by atoms with Crippen LogP contribution in [0.4, 0.5) is 11.8 Å². The molecule has 0 radical (unpaired) electrons. The molecule has 0 aromatic carbocycles. The third-order valence-corrected chi connectivity index (χ3v) is 2.85. The lowest BCUT2D eigenvalue weighted by Gasteiger charge is -2.06. The van der Waals surface area contributed by atoms with Crippen LogP contribution < -0.4 is 11.1 Å². The first-order chi connectivity index (χ1) is 9.24. The number of nitrogens with zero attached hydrogens (tertiary/aromatic N) is 5. The van der Waals surface area contributed by atoms with Gasteiger partial charge in [-0.2, -0.15) is 4.98 Å². The van der Waals surface area contributed by atoms with E-state index in [9.17, 15) is 0 Å². The smallest absolute Gasteiger partial charge is 0.225 e. The quantitative estimate of drug-likeness (QED) is 0.723. The first-order valence-electron chi connectivity index (χ1n) is 5.81. The average molecular weight is 255 g/mol. The molecule has 0 aliphatic heterocycles. The van der Waals surface area contributed by atoms with Crippen LogP contribution >= 0.6 is 0 Å². The van der Waals surface area contributed by atoms with Crippen molar-refractivity contribution in [2.45, 2.75) is 6.54 Å². The van der Waals surface area contributed by atoms with Crippen LogP contribution in [0.15, 0.2) is 30.9 Å². The molecular weight excluding hydrogens is 242 g/mol. The van der Waals surface area contributed by atoms with Gasteiger partial charge in [-0.3, -0.25) is 0 Å². The third-order valence-electron chi connectivity index (χ3n) is 2.85. The Labute approximate surface area is 109 Å². The molecule has 3 aromatic heterocycles. The van der Waals surface area contributed by atoms with Gasteiger partial charge < -0.3 is 15.6 Å². The number of aromatic nitrogens is 5. The molecular formula is C12H13N7. The van der Waals surface area contributed by atoms with Crippen molar-refractivity contribution in [3.63, 3.8) is 0 Å². The fourth-order valence-electron chi connectivity index (χ4n) is 1.77. The number of hydrogen-bond acceptors (Lipinski definition) is 6. The molecule has 3 rings (SSSR count). The molecule has 0 saturated carbocycles. The third kappa shape index (κ3) is 2.17. The van der Waals surface area contributed by atoms with Crippen molar-refractivity contribution in [1.82, 2.24) is 24.5 Å². The standard InChI is InChI=1S/C12H13N7/c1-19-7-17-11-9(19)6-16-12(18-11)15-5-8-3-2-4-14-10(8)13/h2-4,6-7H,5H2,1H3,(H2,13,14)(H,15,16,18). The van der Waals surface area contributed by atoms with E-state index >= 15 is 0 Å². The maximum absolute atomic E-state index is 5.77. The normalized spacial score (nSPS) is 10.8. The van der Waals surface area contributed by atoms with E-state index < -0.39 is 0 Å². The highest BCUT2D eigenvalue weighted by molar-refractivity contribution is 5.70. The summed E-state index contributed by atoms with van der Waals surface area (Å²) in [5.74, 6) is 1.03. The van der Waals surface area contributed by atoms with Crippen molar-refractivity contribution in [3.05, 3.63) is 36.4 Å². The van der Waals surface area contributed by atoms with Crippen molar-refractivity contribution in [2.75, 3.05) is 11.1 Å². The van der Waals surface area contributed by atoms with Crippen molar-refractivity contribution in [2.24, 2.45) is 7.05 Å². The Morgan fingerprint density at radius 1 is 1.32 bits per heavy atom. The second kappa shape index (κ2) is 4.52. The zero-order chi connectivity index (χ0) is 13.2. The maximum Gasteiger partial charge on any atom is 0.225 e. The molecule has 0 unspecified atom stereocenters. The molecule has 3 heterocycles. The van der Waals surface area contributed by atoms with E-state index in [0.29, 0.717) is 24.0 Å². The fourth-order valence-corrected chi connectivity index (χ4v) is 1.77. The lowest BCUT2D eigenvalue weighted by atomic mass is 10.2. The Morgan fingerprint density at radius 3 is 3.05 bits per heavy atom. The Morgan fingerprint density at radius 2 is 2.21 bits per heavy atom. The predicted molar refractivity (Wildman–Crippen MR) is 72.3 cm³/mol. The monoisotopic (exact) mass is 255 g/mol. The van der Waals surface area contributed by atoms with Crippen LogP contribution in [-0.2, 0) is 13.6 Å². The van der Waals surface area contributed by atoms with E-state index in [0.717, 1.165) is 11.1 Å². The van der Waals surface area contributed by atoms with E-state index in [1.54, 1.807) is 18.7 Å². The lowest BCUT2D eigenvalue weighted by Crippen LogP contribution is -2.06. The molecule has 3 aromatic rings. The van der Waals surface area contributed by atoms with Gasteiger partial charge in [0.15, 0.2) is 5.65 Å². The number of pyridine rings is 1. The Kier molecular flexibility index (Phi) is 2.71. The number of hydrogen-bond donors (Lipinski definition) is 2.